The predicted molar refractivity (Wildman–Crippen MR) is 104 cm³/mol. The van der Waals surface area contributed by atoms with Gasteiger partial charge in [-0.2, -0.15) is 0 Å². The highest BCUT2D eigenvalue weighted by Gasteiger charge is 2.35. The Kier molecular flexibility index (Phi) is 7.25. The molecular weight excluding hydrogens is 423 g/mol. The molecule has 0 spiro atoms. The van der Waals surface area contributed by atoms with E-state index in [9.17, 15) is 8.78 Å². The second-order valence-corrected chi connectivity index (χ2v) is 6.63. The third-order valence-corrected chi connectivity index (χ3v) is 5.21. The maximum atomic E-state index is 13.7. The summed E-state index contributed by atoms with van der Waals surface area (Å²) in [5, 5.41) is 3.27. The van der Waals surface area contributed by atoms with Gasteiger partial charge in [-0.05, 0) is 43.2 Å². The van der Waals surface area contributed by atoms with Gasteiger partial charge in [0.15, 0.2) is 5.96 Å². The summed E-state index contributed by atoms with van der Waals surface area (Å²) in [6.45, 7) is 2.59. The molecule has 0 aromatic heterocycles. The van der Waals surface area contributed by atoms with Crippen LogP contribution in [0.1, 0.15) is 31.2 Å². The van der Waals surface area contributed by atoms with E-state index >= 15 is 0 Å². The van der Waals surface area contributed by atoms with E-state index < -0.39 is 11.6 Å². The minimum atomic E-state index is -0.478. The molecular formula is C18H26F2IN3. The van der Waals surface area contributed by atoms with Gasteiger partial charge in [-0.25, -0.2) is 8.78 Å². The van der Waals surface area contributed by atoms with Crippen LogP contribution in [0.5, 0.6) is 0 Å². The second-order valence-electron chi connectivity index (χ2n) is 6.63. The highest BCUT2D eigenvalue weighted by molar-refractivity contribution is 14.0. The zero-order valence-electron chi connectivity index (χ0n) is 14.1. The van der Waals surface area contributed by atoms with E-state index in [-0.39, 0.29) is 29.5 Å². The number of nitrogens with one attached hydrogen (secondary N) is 1. The molecule has 6 heteroatoms. The third kappa shape index (κ3) is 4.37. The van der Waals surface area contributed by atoms with Crippen molar-refractivity contribution in [3.05, 3.63) is 35.4 Å². The topological polar surface area (TPSA) is 27.6 Å². The number of aliphatic imine (C=N–C) groups is 1. The van der Waals surface area contributed by atoms with Gasteiger partial charge in [0.05, 0.1) is 0 Å². The largest absolute Gasteiger partial charge is 0.356 e. The maximum Gasteiger partial charge on any atom is 0.193 e. The Bertz CT molecular complexity index is 545. The number of likely N-dealkylation sites (tertiary alicyclic amines) is 1. The Morgan fingerprint density at radius 2 is 1.75 bits per heavy atom. The number of fused-ring (bicyclic) bond motifs is 1. The number of rotatable bonds is 3. The molecule has 1 saturated carbocycles. The fourth-order valence-electron chi connectivity index (χ4n) is 3.98. The van der Waals surface area contributed by atoms with Gasteiger partial charge in [0.1, 0.15) is 11.6 Å². The lowest BCUT2D eigenvalue weighted by Gasteiger charge is -2.22. The molecule has 1 aliphatic heterocycles. The lowest BCUT2D eigenvalue weighted by molar-refractivity contribution is 0.299. The van der Waals surface area contributed by atoms with Gasteiger partial charge in [0.2, 0.25) is 0 Å². The maximum absolute atomic E-state index is 13.7. The highest BCUT2D eigenvalue weighted by Crippen LogP contribution is 2.35. The van der Waals surface area contributed by atoms with Crippen molar-refractivity contribution in [3.63, 3.8) is 0 Å². The van der Waals surface area contributed by atoms with Crippen LogP contribution in [-0.4, -0.2) is 37.5 Å². The Morgan fingerprint density at radius 1 is 1.17 bits per heavy atom. The average Bonchev–Trinajstić information content (AvgIpc) is 2.97. The lowest BCUT2D eigenvalue weighted by Crippen LogP contribution is -2.41. The Balaban J connectivity index is 0.00000208. The van der Waals surface area contributed by atoms with Gasteiger partial charge in [0.25, 0.3) is 0 Å². The lowest BCUT2D eigenvalue weighted by atomic mass is 9.82. The summed E-state index contributed by atoms with van der Waals surface area (Å²) < 4.78 is 27.3. The van der Waals surface area contributed by atoms with Gasteiger partial charge in [-0.15, -0.1) is 24.0 Å². The van der Waals surface area contributed by atoms with E-state index in [0.29, 0.717) is 13.0 Å². The first-order valence-electron chi connectivity index (χ1n) is 8.57. The number of nitrogens with zero attached hydrogens (tertiary/aromatic N) is 2. The van der Waals surface area contributed by atoms with Gasteiger partial charge in [-0.3, -0.25) is 4.99 Å². The zero-order chi connectivity index (χ0) is 16.2. The van der Waals surface area contributed by atoms with Crippen LogP contribution < -0.4 is 5.32 Å². The first-order chi connectivity index (χ1) is 11.2. The molecule has 0 amide bonds. The van der Waals surface area contributed by atoms with Crippen LogP contribution in [0.25, 0.3) is 0 Å². The summed E-state index contributed by atoms with van der Waals surface area (Å²) >= 11 is 0. The summed E-state index contributed by atoms with van der Waals surface area (Å²) in [5.41, 5.74) is 0.144. The summed E-state index contributed by atoms with van der Waals surface area (Å²) in [6, 6.07) is 4.00. The van der Waals surface area contributed by atoms with Crippen molar-refractivity contribution in [2.45, 2.75) is 32.1 Å². The molecule has 1 heterocycles. The molecule has 1 N–H and O–H groups in total. The SMILES string of the molecule is CN=C(NCCc1c(F)cccc1F)N1CC2CCCCC2C1.I. The fourth-order valence-corrected chi connectivity index (χ4v) is 3.98. The van der Waals surface area contributed by atoms with Crippen molar-refractivity contribution in [2.75, 3.05) is 26.7 Å². The smallest absolute Gasteiger partial charge is 0.193 e. The summed E-state index contributed by atoms with van der Waals surface area (Å²) in [6.07, 6.45) is 5.64. The Hall–Kier alpha value is -0.920. The van der Waals surface area contributed by atoms with Crippen molar-refractivity contribution in [1.29, 1.82) is 0 Å². The van der Waals surface area contributed by atoms with Crippen molar-refractivity contribution >= 4 is 29.9 Å². The van der Waals surface area contributed by atoms with Crippen LogP contribution in [0.15, 0.2) is 23.2 Å². The number of hydrogen-bond acceptors (Lipinski definition) is 1. The molecule has 2 aliphatic rings. The van der Waals surface area contributed by atoms with E-state index in [4.69, 9.17) is 0 Å². The molecule has 2 unspecified atom stereocenters. The molecule has 0 bridgehead atoms. The number of halogens is 3. The highest BCUT2D eigenvalue weighted by atomic mass is 127. The monoisotopic (exact) mass is 449 g/mol. The standard InChI is InChI=1S/C18H25F2N3.HI/c1-21-18(23-11-13-5-2-3-6-14(13)12-23)22-10-9-15-16(19)7-4-8-17(15)20;/h4,7-8,13-14H,2-3,5-6,9-12H2,1H3,(H,21,22);1H. The van der Waals surface area contributed by atoms with E-state index in [2.05, 4.69) is 15.2 Å². The molecule has 3 rings (SSSR count). The van der Waals surface area contributed by atoms with Crippen LogP contribution in [-0.2, 0) is 6.42 Å². The van der Waals surface area contributed by atoms with Crippen LogP contribution in [0, 0.1) is 23.5 Å². The van der Waals surface area contributed by atoms with E-state index in [1.54, 1.807) is 7.05 Å². The first-order valence-corrected chi connectivity index (χ1v) is 8.57. The van der Waals surface area contributed by atoms with Crippen molar-refractivity contribution in [2.24, 2.45) is 16.8 Å². The van der Waals surface area contributed by atoms with Gasteiger partial charge in [-0.1, -0.05) is 18.9 Å². The van der Waals surface area contributed by atoms with Crippen LogP contribution in [0.4, 0.5) is 8.78 Å². The number of hydrogen-bond donors (Lipinski definition) is 1. The van der Waals surface area contributed by atoms with Gasteiger partial charge < -0.3 is 10.2 Å². The molecule has 2 fully saturated rings. The second kappa shape index (κ2) is 8.97. The van der Waals surface area contributed by atoms with E-state index in [0.717, 1.165) is 30.9 Å². The molecule has 2 atom stereocenters. The molecule has 24 heavy (non-hydrogen) atoms. The van der Waals surface area contributed by atoms with E-state index in [1.165, 1.54) is 43.9 Å². The van der Waals surface area contributed by atoms with Crippen molar-refractivity contribution < 1.29 is 8.78 Å². The van der Waals surface area contributed by atoms with Crippen LogP contribution in [0.3, 0.4) is 0 Å². The summed E-state index contributed by atoms with van der Waals surface area (Å²) in [7, 11) is 1.77. The zero-order valence-corrected chi connectivity index (χ0v) is 16.4. The third-order valence-electron chi connectivity index (χ3n) is 5.21. The Labute approximate surface area is 159 Å². The normalized spacial score (nSPS) is 23.6. The molecule has 0 radical (unpaired) electrons. The molecule has 1 aliphatic carbocycles. The predicted octanol–water partition coefficient (Wildman–Crippen LogP) is 3.82. The van der Waals surface area contributed by atoms with Crippen molar-refractivity contribution in [3.8, 4) is 0 Å². The minimum Gasteiger partial charge on any atom is -0.356 e. The molecule has 3 nitrogen and oxygen atoms in total. The number of guanidine groups is 1. The van der Waals surface area contributed by atoms with E-state index in [1.807, 2.05) is 0 Å². The molecule has 1 aromatic rings. The minimum absolute atomic E-state index is 0. The summed E-state index contributed by atoms with van der Waals surface area (Å²) in [5.74, 6) is 1.47. The molecule has 1 saturated heterocycles. The Morgan fingerprint density at radius 3 is 2.29 bits per heavy atom. The van der Waals surface area contributed by atoms with Crippen molar-refractivity contribution in [1.82, 2.24) is 10.2 Å². The molecule has 1 aromatic carbocycles. The van der Waals surface area contributed by atoms with Crippen LogP contribution in [0.2, 0.25) is 0 Å². The van der Waals surface area contributed by atoms with Gasteiger partial charge >= 0.3 is 0 Å². The average molecular weight is 449 g/mol. The quantitative estimate of drug-likeness (QED) is 0.432. The summed E-state index contributed by atoms with van der Waals surface area (Å²) in [4.78, 5) is 6.65. The first kappa shape index (κ1) is 19.4. The number of benzene rings is 1. The van der Waals surface area contributed by atoms with Crippen LogP contribution >= 0.6 is 24.0 Å². The molecule has 134 valence electrons. The van der Waals surface area contributed by atoms with Gasteiger partial charge in [0, 0.05) is 32.2 Å². The fraction of sp³-hybridized carbons (Fsp3) is 0.611.